The van der Waals surface area contributed by atoms with Crippen molar-refractivity contribution in [2.45, 2.75) is 26.8 Å². The second-order valence-electron chi connectivity index (χ2n) is 4.67. The summed E-state index contributed by atoms with van der Waals surface area (Å²) in [6.07, 6.45) is 2.69. The quantitative estimate of drug-likeness (QED) is 0.655. The van der Waals surface area contributed by atoms with Crippen LogP contribution in [0.1, 0.15) is 21.3 Å². The number of nitrogens with zero attached hydrogens (tertiary/aromatic N) is 3. The molecule has 2 aromatic heterocycles. The van der Waals surface area contributed by atoms with Crippen molar-refractivity contribution in [3.63, 3.8) is 0 Å². The van der Waals surface area contributed by atoms with Gasteiger partial charge in [-0.15, -0.1) is 11.3 Å². The van der Waals surface area contributed by atoms with Gasteiger partial charge in [0, 0.05) is 36.8 Å². The highest BCUT2D eigenvalue weighted by Crippen LogP contribution is 2.16. The van der Waals surface area contributed by atoms with Crippen LogP contribution in [-0.2, 0) is 13.0 Å². The lowest BCUT2D eigenvalue weighted by molar-refractivity contribution is 0.786. The number of nitrogens with one attached hydrogen (secondary N) is 2. The standard InChI is InChI=1S/C15H21N5S/c1-11-14(21-12(2)20-11)10-19-15(16-3)18-9-7-13-6-4-5-8-17-13/h4-6,8H,7,9-10H2,1-3H3,(H2,16,18,19). The van der Waals surface area contributed by atoms with Crippen LogP contribution >= 0.6 is 11.3 Å². The maximum absolute atomic E-state index is 4.43. The number of aromatic nitrogens is 2. The van der Waals surface area contributed by atoms with Crippen LogP contribution in [-0.4, -0.2) is 29.5 Å². The molecule has 0 radical (unpaired) electrons. The van der Waals surface area contributed by atoms with Crippen LogP contribution in [0.2, 0.25) is 0 Å². The molecule has 0 aliphatic carbocycles. The molecule has 2 rings (SSSR count). The maximum Gasteiger partial charge on any atom is 0.191 e. The molecule has 2 aromatic rings. The molecule has 0 saturated carbocycles. The summed E-state index contributed by atoms with van der Waals surface area (Å²) in [5, 5.41) is 7.71. The van der Waals surface area contributed by atoms with Crippen molar-refractivity contribution in [3.05, 3.63) is 45.7 Å². The molecule has 0 fully saturated rings. The van der Waals surface area contributed by atoms with Crippen LogP contribution in [0.5, 0.6) is 0 Å². The Hall–Kier alpha value is -1.95. The Labute approximate surface area is 129 Å². The van der Waals surface area contributed by atoms with E-state index >= 15 is 0 Å². The largest absolute Gasteiger partial charge is 0.356 e. The molecule has 0 bridgehead atoms. The third-order valence-corrected chi connectivity index (χ3v) is 4.11. The Morgan fingerprint density at radius 1 is 1.29 bits per heavy atom. The molecular formula is C15H21N5S. The first-order valence-corrected chi connectivity index (χ1v) is 7.78. The maximum atomic E-state index is 4.43. The van der Waals surface area contributed by atoms with E-state index in [9.17, 15) is 0 Å². The Bertz CT molecular complexity index is 591. The molecule has 0 aliphatic rings. The average molecular weight is 303 g/mol. The van der Waals surface area contributed by atoms with Crippen molar-refractivity contribution in [2.24, 2.45) is 4.99 Å². The monoisotopic (exact) mass is 303 g/mol. The molecule has 0 amide bonds. The minimum absolute atomic E-state index is 0.751. The summed E-state index contributed by atoms with van der Waals surface area (Å²) in [6.45, 7) is 5.62. The molecule has 5 nitrogen and oxygen atoms in total. The first kappa shape index (κ1) is 15.4. The molecule has 21 heavy (non-hydrogen) atoms. The summed E-state index contributed by atoms with van der Waals surface area (Å²) >= 11 is 1.72. The average Bonchev–Trinajstić information content (AvgIpc) is 2.81. The van der Waals surface area contributed by atoms with Gasteiger partial charge in [-0.1, -0.05) is 6.07 Å². The van der Waals surface area contributed by atoms with Gasteiger partial charge in [-0.25, -0.2) is 4.98 Å². The predicted molar refractivity (Wildman–Crippen MR) is 87.7 cm³/mol. The molecule has 6 heteroatoms. The number of rotatable bonds is 5. The zero-order chi connectivity index (χ0) is 15.1. The molecular weight excluding hydrogens is 282 g/mol. The van der Waals surface area contributed by atoms with Gasteiger partial charge in [-0.2, -0.15) is 0 Å². The Balaban J connectivity index is 1.77. The number of hydrogen-bond acceptors (Lipinski definition) is 4. The van der Waals surface area contributed by atoms with E-state index in [0.717, 1.165) is 41.9 Å². The van der Waals surface area contributed by atoms with Gasteiger partial charge in [0.2, 0.25) is 0 Å². The summed E-state index contributed by atoms with van der Waals surface area (Å²) < 4.78 is 0. The van der Waals surface area contributed by atoms with Crippen LogP contribution in [0.15, 0.2) is 29.4 Å². The Morgan fingerprint density at radius 2 is 2.14 bits per heavy atom. The lowest BCUT2D eigenvalue weighted by Gasteiger charge is -2.11. The van der Waals surface area contributed by atoms with E-state index < -0.39 is 0 Å². The van der Waals surface area contributed by atoms with Crippen molar-refractivity contribution in [1.82, 2.24) is 20.6 Å². The van der Waals surface area contributed by atoms with Gasteiger partial charge in [0.1, 0.15) is 0 Å². The van der Waals surface area contributed by atoms with Crippen LogP contribution in [0.25, 0.3) is 0 Å². The van der Waals surface area contributed by atoms with E-state index in [2.05, 4.69) is 25.6 Å². The van der Waals surface area contributed by atoms with E-state index in [1.165, 1.54) is 4.88 Å². The third-order valence-electron chi connectivity index (χ3n) is 3.04. The summed E-state index contributed by atoms with van der Waals surface area (Å²) in [6, 6.07) is 5.96. The number of pyridine rings is 1. The summed E-state index contributed by atoms with van der Waals surface area (Å²) in [5.74, 6) is 0.802. The summed E-state index contributed by atoms with van der Waals surface area (Å²) in [4.78, 5) is 14.2. The lowest BCUT2D eigenvalue weighted by Crippen LogP contribution is -2.37. The van der Waals surface area contributed by atoms with Gasteiger partial charge in [0.05, 0.1) is 17.2 Å². The number of aryl methyl sites for hydroxylation is 2. The molecule has 0 atom stereocenters. The fourth-order valence-electron chi connectivity index (χ4n) is 1.98. The van der Waals surface area contributed by atoms with Gasteiger partial charge in [0.15, 0.2) is 5.96 Å². The van der Waals surface area contributed by atoms with Crippen molar-refractivity contribution in [3.8, 4) is 0 Å². The fourth-order valence-corrected chi connectivity index (χ4v) is 2.85. The first-order valence-electron chi connectivity index (χ1n) is 6.96. The number of hydrogen-bond donors (Lipinski definition) is 2. The van der Waals surface area contributed by atoms with E-state index in [0.29, 0.717) is 0 Å². The van der Waals surface area contributed by atoms with Gasteiger partial charge >= 0.3 is 0 Å². The number of thiazole rings is 1. The van der Waals surface area contributed by atoms with Crippen molar-refractivity contribution >= 4 is 17.3 Å². The SMILES string of the molecule is CN=C(NCCc1ccccn1)NCc1sc(C)nc1C. The van der Waals surface area contributed by atoms with E-state index in [4.69, 9.17) is 0 Å². The number of guanidine groups is 1. The van der Waals surface area contributed by atoms with E-state index in [1.807, 2.05) is 38.2 Å². The lowest BCUT2D eigenvalue weighted by atomic mass is 10.3. The van der Waals surface area contributed by atoms with Crippen LogP contribution in [0.4, 0.5) is 0 Å². The molecule has 0 aliphatic heterocycles. The smallest absolute Gasteiger partial charge is 0.191 e. The highest BCUT2D eigenvalue weighted by molar-refractivity contribution is 7.11. The van der Waals surface area contributed by atoms with Crippen LogP contribution in [0, 0.1) is 13.8 Å². The fraction of sp³-hybridized carbons (Fsp3) is 0.400. The molecule has 0 unspecified atom stereocenters. The molecule has 0 spiro atoms. The second-order valence-corrected chi connectivity index (χ2v) is 5.95. The normalized spacial score (nSPS) is 11.5. The molecule has 0 aromatic carbocycles. The van der Waals surface area contributed by atoms with E-state index in [1.54, 1.807) is 18.4 Å². The molecule has 2 N–H and O–H groups in total. The van der Waals surface area contributed by atoms with Gasteiger partial charge < -0.3 is 10.6 Å². The van der Waals surface area contributed by atoms with Gasteiger partial charge in [0.25, 0.3) is 0 Å². The van der Waals surface area contributed by atoms with Crippen LogP contribution < -0.4 is 10.6 Å². The predicted octanol–water partition coefficient (Wildman–Crippen LogP) is 2.06. The molecule has 2 heterocycles. The van der Waals surface area contributed by atoms with Crippen molar-refractivity contribution < 1.29 is 0 Å². The Kier molecular flexibility index (Phi) is 5.68. The van der Waals surface area contributed by atoms with E-state index in [-0.39, 0.29) is 0 Å². The van der Waals surface area contributed by atoms with Crippen molar-refractivity contribution in [2.75, 3.05) is 13.6 Å². The highest BCUT2D eigenvalue weighted by Gasteiger charge is 2.05. The zero-order valence-electron chi connectivity index (χ0n) is 12.7. The Morgan fingerprint density at radius 3 is 2.76 bits per heavy atom. The second kappa shape index (κ2) is 7.73. The zero-order valence-corrected chi connectivity index (χ0v) is 13.5. The van der Waals surface area contributed by atoms with Gasteiger partial charge in [-0.05, 0) is 26.0 Å². The van der Waals surface area contributed by atoms with Crippen molar-refractivity contribution in [1.29, 1.82) is 0 Å². The number of aliphatic imine (C=N–C) groups is 1. The van der Waals surface area contributed by atoms with Crippen LogP contribution in [0.3, 0.4) is 0 Å². The topological polar surface area (TPSA) is 62.2 Å². The minimum Gasteiger partial charge on any atom is -0.356 e. The minimum atomic E-state index is 0.751. The first-order chi connectivity index (χ1) is 10.2. The summed E-state index contributed by atoms with van der Waals surface area (Å²) in [7, 11) is 1.78. The highest BCUT2D eigenvalue weighted by atomic mass is 32.1. The third kappa shape index (κ3) is 4.82. The van der Waals surface area contributed by atoms with Gasteiger partial charge in [-0.3, -0.25) is 9.98 Å². The summed E-state index contributed by atoms with van der Waals surface area (Å²) in [5.41, 5.74) is 2.17. The molecule has 112 valence electrons. The molecule has 0 saturated heterocycles.